The van der Waals surface area contributed by atoms with Gasteiger partial charge in [-0.15, -0.1) is 0 Å². The van der Waals surface area contributed by atoms with E-state index in [2.05, 4.69) is 26.2 Å². The van der Waals surface area contributed by atoms with Crippen molar-refractivity contribution in [2.24, 2.45) is 10.7 Å². The highest BCUT2D eigenvalue weighted by Crippen LogP contribution is 2.36. The molecule has 1 unspecified atom stereocenters. The molecule has 0 aliphatic carbocycles. The SMILES string of the molecule is Cc1cc(NC(=O)C2SC(=Nc3ccc(F)cc3)C(C(=O)N3CCCC3)=C2N)ccc1Br. The number of nitrogens with one attached hydrogen (secondary N) is 1. The van der Waals surface area contributed by atoms with E-state index in [1.54, 1.807) is 11.0 Å². The summed E-state index contributed by atoms with van der Waals surface area (Å²) in [5, 5.41) is 2.46. The predicted molar refractivity (Wildman–Crippen MR) is 129 cm³/mol. The molecule has 1 saturated heterocycles. The monoisotopic (exact) mass is 516 g/mol. The molecule has 0 aromatic heterocycles. The number of rotatable bonds is 4. The van der Waals surface area contributed by atoms with Gasteiger partial charge in [0, 0.05) is 28.9 Å². The second-order valence-electron chi connectivity index (χ2n) is 7.67. The first-order chi connectivity index (χ1) is 15.3. The molecule has 2 aromatic carbocycles. The number of hydrogen-bond donors (Lipinski definition) is 2. The van der Waals surface area contributed by atoms with Crippen LogP contribution in [0, 0.1) is 12.7 Å². The van der Waals surface area contributed by atoms with Gasteiger partial charge in [-0.25, -0.2) is 9.38 Å². The molecule has 0 radical (unpaired) electrons. The summed E-state index contributed by atoms with van der Waals surface area (Å²) < 4.78 is 14.2. The molecule has 166 valence electrons. The number of carbonyl (C=O) groups excluding carboxylic acids is 2. The molecule has 2 heterocycles. The molecule has 2 aliphatic heterocycles. The highest BCUT2D eigenvalue weighted by Gasteiger charge is 2.40. The standard InChI is InChI=1S/C23H22BrFN4O2S/c1-13-12-16(8-9-17(13)24)27-21(30)20-19(26)18(23(31)29-10-2-3-11-29)22(32-20)28-15-6-4-14(25)5-7-15/h4-9,12,20H,2-3,10-11,26H2,1H3,(H,27,30). The fourth-order valence-electron chi connectivity index (χ4n) is 3.62. The molecule has 4 rings (SSSR count). The van der Waals surface area contributed by atoms with Gasteiger partial charge in [0.15, 0.2) is 0 Å². The first kappa shape index (κ1) is 22.5. The van der Waals surface area contributed by atoms with Gasteiger partial charge in [-0.3, -0.25) is 9.59 Å². The van der Waals surface area contributed by atoms with Gasteiger partial charge in [0.05, 0.1) is 11.3 Å². The van der Waals surface area contributed by atoms with Crippen molar-refractivity contribution in [1.29, 1.82) is 0 Å². The van der Waals surface area contributed by atoms with Gasteiger partial charge < -0.3 is 16.0 Å². The van der Waals surface area contributed by atoms with Crippen molar-refractivity contribution in [2.75, 3.05) is 18.4 Å². The first-order valence-electron chi connectivity index (χ1n) is 10.2. The van der Waals surface area contributed by atoms with Crippen molar-refractivity contribution in [3.8, 4) is 0 Å². The molecule has 0 bridgehead atoms. The number of hydrogen-bond acceptors (Lipinski definition) is 5. The molecule has 2 aliphatic rings. The van der Waals surface area contributed by atoms with E-state index in [0.717, 1.165) is 34.6 Å². The molecule has 6 nitrogen and oxygen atoms in total. The van der Waals surface area contributed by atoms with Gasteiger partial charge in [0.2, 0.25) is 5.91 Å². The lowest BCUT2D eigenvalue weighted by Crippen LogP contribution is -2.33. The van der Waals surface area contributed by atoms with Crippen LogP contribution in [0.15, 0.2) is 63.2 Å². The van der Waals surface area contributed by atoms with Gasteiger partial charge in [0.1, 0.15) is 16.1 Å². The number of likely N-dealkylation sites (tertiary alicyclic amines) is 1. The maximum absolute atomic E-state index is 13.3. The predicted octanol–water partition coefficient (Wildman–Crippen LogP) is 4.52. The van der Waals surface area contributed by atoms with Gasteiger partial charge in [-0.1, -0.05) is 27.7 Å². The lowest BCUT2D eigenvalue weighted by Gasteiger charge is -2.16. The molecular formula is C23H22BrFN4O2S. The number of amides is 2. The second-order valence-corrected chi connectivity index (χ2v) is 9.62. The van der Waals surface area contributed by atoms with Gasteiger partial charge >= 0.3 is 0 Å². The van der Waals surface area contributed by atoms with Gasteiger partial charge in [-0.05, 0) is 67.8 Å². The van der Waals surface area contributed by atoms with Crippen LogP contribution in [0.1, 0.15) is 18.4 Å². The van der Waals surface area contributed by atoms with E-state index in [-0.39, 0.29) is 28.9 Å². The second kappa shape index (κ2) is 9.46. The smallest absolute Gasteiger partial charge is 0.258 e. The Morgan fingerprint density at radius 1 is 1.19 bits per heavy atom. The minimum Gasteiger partial charge on any atom is -0.400 e. The Morgan fingerprint density at radius 3 is 2.53 bits per heavy atom. The lowest BCUT2D eigenvalue weighted by atomic mass is 10.1. The van der Waals surface area contributed by atoms with Crippen molar-refractivity contribution < 1.29 is 14.0 Å². The zero-order chi connectivity index (χ0) is 22.8. The van der Waals surface area contributed by atoms with E-state index in [4.69, 9.17) is 5.73 Å². The Kier molecular flexibility index (Phi) is 6.66. The Balaban J connectivity index is 1.65. The summed E-state index contributed by atoms with van der Waals surface area (Å²) in [6.07, 6.45) is 1.87. The summed E-state index contributed by atoms with van der Waals surface area (Å²) in [4.78, 5) is 32.6. The minimum absolute atomic E-state index is 0.194. The third-order valence-corrected chi connectivity index (χ3v) is 7.45. The highest BCUT2D eigenvalue weighted by molar-refractivity contribution is 9.10. The van der Waals surface area contributed by atoms with Crippen LogP contribution in [0.5, 0.6) is 0 Å². The summed E-state index contributed by atoms with van der Waals surface area (Å²) in [6, 6.07) is 11.1. The van der Waals surface area contributed by atoms with Crippen LogP contribution in [-0.4, -0.2) is 40.1 Å². The van der Waals surface area contributed by atoms with Crippen LogP contribution in [0.2, 0.25) is 0 Å². The van der Waals surface area contributed by atoms with E-state index >= 15 is 0 Å². The van der Waals surface area contributed by atoms with Crippen molar-refractivity contribution in [3.63, 3.8) is 0 Å². The van der Waals surface area contributed by atoms with E-state index in [1.807, 2.05) is 19.1 Å². The van der Waals surface area contributed by atoms with Crippen LogP contribution in [0.4, 0.5) is 15.8 Å². The van der Waals surface area contributed by atoms with Crippen LogP contribution in [-0.2, 0) is 9.59 Å². The summed E-state index contributed by atoms with van der Waals surface area (Å²) in [5.74, 6) is -0.924. The van der Waals surface area contributed by atoms with E-state index < -0.39 is 5.25 Å². The highest BCUT2D eigenvalue weighted by atomic mass is 79.9. The third-order valence-electron chi connectivity index (χ3n) is 5.34. The number of aliphatic imine (C=N–C) groups is 1. The van der Waals surface area contributed by atoms with Crippen LogP contribution in [0.3, 0.4) is 0 Å². The maximum atomic E-state index is 13.3. The molecular weight excluding hydrogens is 495 g/mol. The maximum Gasteiger partial charge on any atom is 0.258 e. The van der Waals surface area contributed by atoms with Crippen LogP contribution < -0.4 is 11.1 Å². The van der Waals surface area contributed by atoms with E-state index in [1.165, 1.54) is 24.3 Å². The number of halogens is 2. The van der Waals surface area contributed by atoms with E-state index in [9.17, 15) is 14.0 Å². The number of anilines is 1. The zero-order valence-electron chi connectivity index (χ0n) is 17.4. The van der Waals surface area contributed by atoms with Crippen molar-refractivity contribution in [2.45, 2.75) is 25.0 Å². The Bertz CT molecular complexity index is 1130. The third kappa shape index (κ3) is 4.73. The largest absolute Gasteiger partial charge is 0.400 e. The first-order valence-corrected chi connectivity index (χ1v) is 11.9. The lowest BCUT2D eigenvalue weighted by molar-refractivity contribution is -0.125. The number of aryl methyl sites for hydroxylation is 1. The molecule has 3 N–H and O–H groups in total. The zero-order valence-corrected chi connectivity index (χ0v) is 19.8. The van der Waals surface area contributed by atoms with Gasteiger partial charge in [0.25, 0.3) is 5.91 Å². The van der Waals surface area contributed by atoms with E-state index in [0.29, 0.717) is 29.5 Å². The van der Waals surface area contributed by atoms with Crippen LogP contribution in [0.25, 0.3) is 0 Å². The van der Waals surface area contributed by atoms with Gasteiger partial charge in [-0.2, -0.15) is 0 Å². The molecule has 2 amide bonds. The Labute approximate surface area is 198 Å². The number of carbonyl (C=O) groups is 2. The number of nitrogens with two attached hydrogens (primary N) is 1. The summed E-state index contributed by atoms with van der Waals surface area (Å²) >= 11 is 4.58. The topological polar surface area (TPSA) is 87.8 Å². The summed E-state index contributed by atoms with van der Waals surface area (Å²) in [5.41, 5.74) is 8.93. The average molecular weight is 517 g/mol. The summed E-state index contributed by atoms with van der Waals surface area (Å²) in [6.45, 7) is 3.23. The number of benzene rings is 2. The fraction of sp³-hybridized carbons (Fsp3) is 0.261. The molecule has 0 saturated carbocycles. The van der Waals surface area contributed by atoms with Crippen LogP contribution >= 0.6 is 27.7 Å². The quantitative estimate of drug-likeness (QED) is 0.625. The molecule has 0 spiro atoms. The minimum atomic E-state index is -0.792. The average Bonchev–Trinajstić information content (AvgIpc) is 3.40. The molecule has 9 heteroatoms. The number of thioether (sulfide) groups is 1. The van der Waals surface area contributed by atoms with Crippen molar-refractivity contribution in [1.82, 2.24) is 4.90 Å². The Morgan fingerprint density at radius 2 is 1.88 bits per heavy atom. The fourth-order valence-corrected chi connectivity index (χ4v) is 4.98. The molecule has 32 heavy (non-hydrogen) atoms. The molecule has 1 atom stereocenters. The number of nitrogens with zero attached hydrogens (tertiary/aromatic N) is 2. The van der Waals surface area contributed by atoms with Crippen molar-refractivity contribution in [3.05, 3.63) is 69.6 Å². The Hall–Kier alpha value is -2.65. The normalized spacial score (nSPS) is 19.7. The summed E-state index contributed by atoms with van der Waals surface area (Å²) in [7, 11) is 0. The molecule has 1 fully saturated rings. The molecule has 2 aromatic rings. The van der Waals surface area contributed by atoms with Crippen molar-refractivity contribution >= 4 is 55.9 Å².